The molecule has 1 rings (SSSR count). The van der Waals surface area contributed by atoms with Gasteiger partial charge in [-0.15, -0.1) is 0 Å². The molecule has 0 aliphatic carbocycles. The standard InChI is InChI=1S/C19H39N5O2/c1-6-12-23-13-9-17(10-14-23)24(4,5)16(3)22-19(26)15(2)21-18(25)8-7-11-20/h15-17H,6-14,20H2,1-5H3,(H-,21,22,25,26)/p+1/t15-,16?/m0/s1. The van der Waals surface area contributed by atoms with Crippen molar-refractivity contribution < 1.29 is 14.1 Å². The van der Waals surface area contributed by atoms with E-state index in [4.69, 9.17) is 5.73 Å². The molecule has 0 saturated carbocycles. The number of amides is 2. The summed E-state index contributed by atoms with van der Waals surface area (Å²) in [5, 5.41) is 5.85. The highest BCUT2D eigenvalue weighted by atomic mass is 16.2. The number of nitrogens with two attached hydrogens (primary N) is 1. The minimum atomic E-state index is -0.533. The molecule has 1 aliphatic heterocycles. The molecule has 0 aromatic carbocycles. The van der Waals surface area contributed by atoms with E-state index in [1.54, 1.807) is 6.92 Å². The predicted molar refractivity (Wildman–Crippen MR) is 105 cm³/mol. The molecule has 1 aliphatic rings. The van der Waals surface area contributed by atoms with Gasteiger partial charge in [-0.2, -0.15) is 0 Å². The Bertz CT molecular complexity index is 447. The number of piperidine rings is 1. The first-order valence-corrected chi connectivity index (χ1v) is 10.1. The largest absolute Gasteiger partial charge is 0.345 e. The Morgan fingerprint density at radius 1 is 1.19 bits per heavy atom. The molecule has 7 heteroatoms. The van der Waals surface area contributed by atoms with Crippen LogP contribution in [0.3, 0.4) is 0 Å². The molecule has 4 N–H and O–H groups in total. The van der Waals surface area contributed by atoms with E-state index in [9.17, 15) is 9.59 Å². The number of carbonyl (C=O) groups is 2. The van der Waals surface area contributed by atoms with Crippen LogP contribution in [0.15, 0.2) is 0 Å². The van der Waals surface area contributed by atoms with E-state index < -0.39 is 6.04 Å². The summed E-state index contributed by atoms with van der Waals surface area (Å²) in [4.78, 5) is 26.8. The van der Waals surface area contributed by atoms with E-state index in [0.717, 1.165) is 30.4 Å². The molecule has 7 nitrogen and oxygen atoms in total. The average Bonchev–Trinajstić information content (AvgIpc) is 2.60. The fourth-order valence-corrected chi connectivity index (χ4v) is 3.58. The Labute approximate surface area is 159 Å². The first kappa shape index (κ1) is 22.9. The lowest BCUT2D eigenvalue weighted by Gasteiger charge is -2.46. The van der Waals surface area contributed by atoms with Gasteiger partial charge in [0.25, 0.3) is 0 Å². The van der Waals surface area contributed by atoms with Crippen molar-refractivity contribution in [3.05, 3.63) is 0 Å². The van der Waals surface area contributed by atoms with Gasteiger partial charge in [-0.05, 0) is 32.9 Å². The predicted octanol–water partition coefficient (Wildman–Crippen LogP) is 0.643. The first-order valence-electron chi connectivity index (χ1n) is 10.1. The van der Waals surface area contributed by atoms with Crippen molar-refractivity contribution in [2.45, 2.75) is 71.1 Å². The normalized spacial score (nSPS) is 19.0. The van der Waals surface area contributed by atoms with Crippen molar-refractivity contribution in [1.82, 2.24) is 15.5 Å². The maximum atomic E-state index is 12.5. The molecule has 0 aromatic rings. The molecule has 0 radical (unpaired) electrons. The van der Waals surface area contributed by atoms with Crippen LogP contribution < -0.4 is 16.4 Å². The maximum absolute atomic E-state index is 12.5. The van der Waals surface area contributed by atoms with Crippen molar-refractivity contribution in [2.75, 3.05) is 40.3 Å². The zero-order valence-corrected chi connectivity index (χ0v) is 17.4. The van der Waals surface area contributed by atoms with Crippen molar-refractivity contribution in [1.29, 1.82) is 0 Å². The molecule has 152 valence electrons. The van der Waals surface area contributed by atoms with Crippen LogP contribution in [0.2, 0.25) is 0 Å². The Morgan fingerprint density at radius 3 is 2.35 bits per heavy atom. The molecule has 1 heterocycles. The van der Waals surface area contributed by atoms with Gasteiger partial charge >= 0.3 is 0 Å². The van der Waals surface area contributed by atoms with Crippen LogP contribution in [0.4, 0.5) is 0 Å². The van der Waals surface area contributed by atoms with E-state index in [2.05, 4.69) is 43.5 Å². The lowest BCUT2D eigenvalue weighted by molar-refractivity contribution is -0.940. The second-order valence-electron chi connectivity index (χ2n) is 8.07. The summed E-state index contributed by atoms with van der Waals surface area (Å²) in [6.45, 7) is 9.93. The monoisotopic (exact) mass is 370 g/mol. The Balaban J connectivity index is 2.50. The number of likely N-dealkylation sites (tertiary alicyclic amines) is 1. The molecule has 0 spiro atoms. The highest BCUT2D eigenvalue weighted by molar-refractivity contribution is 5.87. The number of hydrogen-bond donors (Lipinski definition) is 3. The molecule has 1 fully saturated rings. The van der Waals surface area contributed by atoms with E-state index >= 15 is 0 Å². The van der Waals surface area contributed by atoms with Gasteiger partial charge in [0.05, 0.1) is 20.1 Å². The van der Waals surface area contributed by atoms with Gasteiger partial charge in [-0.3, -0.25) is 9.59 Å². The number of nitrogens with one attached hydrogen (secondary N) is 2. The van der Waals surface area contributed by atoms with Crippen LogP contribution in [0.1, 0.15) is 52.9 Å². The van der Waals surface area contributed by atoms with E-state index in [1.807, 2.05) is 0 Å². The Morgan fingerprint density at radius 2 is 1.81 bits per heavy atom. The van der Waals surface area contributed by atoms with Gasteiger partial charge in [0.1, 0.15) is 6.04 Å². The average molecular weight is 371 g/mol. The Kier molecular flexibility index (Phi) is 9.54. The summed E-state index contributed by atoms with van der Waals surface area (Å²) < 4.78 is 0.763. The van der Waals surface area contributed by atoms with Gasteiger partial charge in [0.2, 0.25) is 11.8 Å². The Hall–Kier alpha value is -1.18. The molecular formula is C19H40N5O2+. The highest BCUT2D eigenvalue weighted by Crippen LogP contribution is 2.22. The van der Waals surface area contributed by atoms with Gasteiger partial charge in [-0.1, -0.05) is 6.92 Å². The van der Waals surface area contributed by atoms with Crippen molar-refractivity contribution in [3.8, 4) is 0 Å². The molecule has 26 heavy (non-hydrogen) atoms. The van der Waals surface area contributed by atoms with Crippen LogP contribution in [-0.4, -0.2) is 79.7 Å². The van der Waals surface area contributed by atoms with Crippen LogP contribution in [-0.2, 0) is 9.59 Å². The van der Waals surface area contributed by atoms with Crippen LogP contribution in [0, 0.1) is 0 Å². The van der Waals surface area contributed by atoms with Crippen LogP contribution >= 0.6 is 0 Å². The minimum absolute atomic E-state index is 0.00591. The molecule has 2 atom stereocenters. The van der Waals surface area contributed by atoms with Crippen molar-refractivity contribution in [2.24, 2.45) is 5.73 Å². The van der Waals surface area contributed by atoms with Crippen molar-refractivity contribution >= 4 is 11.8 Å². The number of rotatable bonds is 10. The third kappa shape index (κ3) is 6.85. The summed E-state index contributed by atoms with van der Waals surface area (Å²) in [7, 11) is 4.38. The van der Waals surface area contributed by atoms with Gasteiger partial charge in [-0.25, -0.2) is 0 Å². The van der Waals surface area contributed by atoms with E-state index in [1.165, 1.54) is 13.0 Å². The molecule has 2 amide bonds. The minimum Gasteiger partial charge on any atom is -0.345 e. The highest BCUT2D eigenvalue weighted by Gasteiger charge is 2.37. The lowest BCUT2D eigenvalue weighted by Crippen LogP contribution is -2.64. The summed E-state index contributed by atoms with van der Waals surface area (Å²) in [6.07, 6.45) is 4.49. The quantitative estimate of drug-likeness (QED) is 0.389. The number of nitrogens with zero attached hydrogens (tertiary/aromatic N) is 2. The zero-order valence-electron chi connectivity index (χ0n) is 17.4. The van der Waals surface area contributed by atoms with E-state index in [0.29, 0.717) is 25.4 Å². The molecule has 0 aromatic heterocycles. The topological polar surface area (TPSA) is 87.5 Å². The van der Waals surface area contributed by atoms with Gasteiger partial charge in [0.15, 0.2) is 6.17 Å². The smallest absolute Gasteiger partial charge is 0.246 e. The summed E-state index contributed by atoms with van der Waals surface area (Å²) in [5.41, 5.74) is 5.41. The van der Waals surface area contributed by atoms with Crippen LogP contribution in [0.5, 0.6) is 0 Å². The SMILES string of the molecule is CCCN1CCC([N+](C)(C)C(C)NC(=O)[C@H](C)NC(=O)CCCN)CC1. The third-order valence-corrected chi connectivity index (χ3v) is 5.77. The van der Waals surface area contributed by atoms with Crippen molar-refractivity contribution in [3.63, 3.8) is 0 Å². The number of carbonyl (C=O) groups excluding carboxylic acids is 2. The maximum Gasteiger partial charge on any atom is 0.246 e. The summed E-state index contributed by atoms with van der Waals surface area (Å²) in [5.74, 6) is -0.254. The fraction of sp³-hybridized carbons (Fsp3) is 0.895. The van der Waals surface area contributed by atoms with Crippen LogP contribution in [0.25, 0.3) is 0 Å². The second-order valence-corrected chi connectivity index (χ2v) is 8.07. The third-order valence-electron chi connectivity index (χ3n) is 5.77. The van der Waals surface area contributed by atoms with Gasteiger partial charge < -0.3 is 25.8 Å². The number of hydrogen-bond acceptors (Lipinski definition) is 4. The molecule has 1 saturated heterocycles. The molecule has 0 bridgehead atoms. The van der Waals surface area contributed by atoms with Gasteiger partial charge in [0, 0.05) is 39.3 Å². The first-order chi connectivity index (χ1) is 12.2. The lowest BCUT2D eigenvalue weighted by atomic mass is 10.0. The summed E-state index contributed by atoms with van der Waals surface area (Å²) in [6, 6.07) is 0.00184. The van der Waals surface area contributed by atoms with E-state index in [-0.39, 0.29) is 18.0 Å². The zero-order chi connectivity index (χ0) is 19.7. The number of quaternary nitrogens is 1. The second kappa shape index (κ2) is 10.8. The molecule has 1 unspecified atom stereocenters. The summed E-state index contributed by atoms with van der Waals surface area (Å²) >= 11 is 0. The fourth-order valence-electron chi connectivity index (χ4n) is 3.58. The molecular weight excluding hydrogens is 330 g/mol.